The van der Waals surface area contributed by atoms with Gasteiger partial charge in [0.1, 0.15) is 5.54 Å². The van der Waals surface area contributed by atoms with Crippen LogP contribution < -0.4 is 10.6 Å². The number of urea groups is 1. The van der Waals surface area contributed by atoms with Crippen molar-refractivity contribution in [3.05, 3.63) is 16.1 Å². The molecule has 0 aromatic carbocycles. The van der Waals surface area contributed by atoms with Gasteiger partial charge in [0.15, 0.2) is 5.96 Å². The van der Waals surface area contributed by atoms with Gasteiger partial charge in [-0.05, 0) is 26.7 Å². The van der Waals surface area contributed by atoms with Crippen LogP contribution >= 0.6 is 11.3 Å². The summed E-state index contributed by atoms with van der Waals surface area (Å²) in [5.74, 6) is 0.608. The molecule has 1 aromatic rings. The first-order valence-corrected chi connectivity index (χ1v) is 9.65. The first-order chi connectivity index (χ1) is 12.3. The van der Waals surface area contributed by atoms with Crippen molar-refractivity contribution in [1.82, 2.24) is 25.4 Å². The SMILES string of the molecule is CCC1(C)NC(=O)N(CCCNC(=NC)N(C)Cc2csc(C)n2)C1=O. The number of aliphatic imine (C=N–C) groups is 1. The number of carbonyl (C=O) groups excluding carboxylic acids is 2. The molecule has 2 N–H and O–H groups in total. The van der Waals surface area contributed by atoms with Crippen LogP contribution in [0.5, 0.6) is 0 Å². The zero-order chi connectivity index (χ0) is 19.3. The van der Waals surface area contributed by atoms with Gasteiger partial charge in [0.05, 0.1) is 17.2 Å². The second-order valence-electron chi connectivity index (χ2n) is 6.61. The first kappa shape index (κ1) is 20.2. The summed E-state index contributed by atoms with van der Waals surface area (Å²) in [5, 5.41) is 9.12. The summed E-state index contributed by atoms with van der Waals surface area (Å²) in [6.45, 7) is 7.33. The van der Waals surface area contributed by atoms with Gasteiger partial charge >= 0.3 is 6.03 Å². The number of imide groups is 1. The van der Waals surface area contributed by atoms with Crippen LogP contribution in [-0.4, -0.2) is 65.4 Å². The molecule has 0 bridgehead atoms. The minimum absolute atomic E-state index is 0.148. The number of amides is 3. The summed E-state index contributed by atoms with van der Waals surface area (Å²) in [5.41, 5.74) is 0.239. The van der Waals surface area contributed by atoms with E-state index in [4.69, 9.17) is 0 Å². The maximum absolute atomic E-state index is 12.4. The Bertz CT molecular complexity index is 689. The van der Waals surface area contributed by atoms with E-state index >= 15 is 0 Å². The third-order valence-electron chi connectivity index (χ3n) is 4.53. The predicted octanol–water partition coefficient (Wildman–Crippen LogP) is 1.57. The number of aryl methyl sites for hydroxylation is 1. The van der Waals surface area contributed by atoms with E-state index in [0.717, 1.165) is 16.7 Å². The molecule has 1 aromatic heterocycles. The molecule has 1 saturated heterocycles. The fraction of sp³-hybridized carbons (Fsp3) is 0.647. The average molecular weight is 381 g/mol. The molecule has 1 fully saturated rings. The third-order valence-corrected chi connectivity index (χ3v) is 5.36. The predicted molar refractivity (Wildman–Crippen MR) is 103 cm³/mol. The number of aromatic nitrogens is 1. The van der Waals surface area contributed by atoms with Crippen LogP contribution in [-0.2, 0) is 11.3 Å². The third kappa shape index (κ3) is 4.51. The Labute approximate surface area is 158 Å². The molecule has 1 aliphatic heterocycles. The van der Waals surface area contributed by atoms with Crippen molar-refractivity contribution in [2.45, 2.75) is 45.7 Å². The maximum Gasteiger partial charge on any atom is 0.325 e. The molecule has 2 heterocycles. The molecule has 0 aliphatic carbocycles. The Kier molecular flexibility index (Phi) is 6.57. The molecule has 1 aliphatic rings. The minimum atomic E-state index is -0.771. The number of carbonyl (C=O) groups is 2. The molecule has 144 valence electrons. The minimum Gasteiger partial charge on any atom is -0.356 e. The van der Waals surface area contributed by atoms with Crippen molar-refractivity contribution in [3.8, 4) is 0 Å². The molecule has 8 nitrogen and oxygen atoms in total. The van der Waals surface area contributed by atoms with E-state index in [9.17, 15) is 9.59 Å². The maximum atomic E-state index is 12.4. The van der Waals surface area contributed by atoms with Gasteiger partial charge < -0.3 is 15.5 Å². The van der Waals surface area contributed by atoms with Crippen LogP contribution in [0.4, 0.5) is 4.79 Å². The largest absolute Gasteiger partial charge is 0.356 e. The van der Waals surface area contributed by atoms with Crippen molar-refractivity contribution >= 4 is 29.2 Å². The lowest BCUT2D eigenvalue weighted by Gasteiger charge is -2.22. The summed E-state index contributed by atoms with van der Waals surface area (Å²) < 4.78 is 0. The second-order valence-corrected chi connectivity index (χ2v) is 7.68. The highest BCUT2D eigenvalue weighted by atomic mass is 32.1. The fourth-order valence-corrected chi connectivity index (χ4v) is 3.41. The Morgan fingerprint density at radius 1 is 1.50 bits per heavy atom. The fourth-order valence-electron chi connectivity index (χ4n) is 2.81. The number of hydrogen-bond acceptors (Lipinski definition) is 5. The van der Waals surface area contributed by atoms with Crippen LogP contribution in [0.3, 0.4) is 0 Å². The number of hydrogen-bond donors (Lipinski definition) is 2. The quantitative estimate of drug-likeness (QED) is 0.324. The molecule has 1 unspecified atom stereocenters. The molecule has 9 heteroatoms. The van der Waals surface area contributed by atoms with Gasteiger partial charge in [-0.25, -0.2) is 9.78 Å². The molecular formula is C17H28N6O2S. The molecule has 1 atom stereocenters. The highest BCUT2D eigenvalue weighted by molar-refractivity contribution is 7.09. The lowest BCUT2D eigenvalue weighted by molar-refractivity contribution is -0.130. The Hall–Kier alpha value is -2.16. The first-order valence-electron chi connectivity index (χ1n) is 8.77. The molecule has 0 radical (unpaired) electrons. The topological polar surface area (TPSA) is 89.9 Å². The van der Waals surface area contributed by atoms with Crippen LogP contribution in [0.15, 0.2) is 10.4 Å². The molecular weight excluding hydrogens is 352 g/mol. The highest BCUT2D eigenvalue weighted by Gasteiger charge is 2.45. The van der Waals surface area contributed by atoms with Gasteiger partial charge in [-0.1, -0.05) is 6.92 Å². The van der Waals surface area contributed by atoms with Gasteiger partial charge in [-0.3, -0.25) is 14.7 Å². The smallest absolute Gasteiger partial charge is 0.325 e. The van der Waals surface area contributed by atoms with Gasteiger partial charge in [-0.2, -0.15) is 0 Å². The van der Waals surface area contributed by atoms with E-state index < -0.39 is 5.54 Å². The highest BCUT2D eigenvalue weighted by Crippen LogP contribution is 2.20. The van der Waals surface area contributed by atoms with Gasteiger partial charge in [-0.15, -0.1) is 11.3 Å². The van der Waals surface area contributed by atoms with Crippen LogP contribution in [0.1, 0.15) is 37.4 Å². The monoisotopic (exact) mass is 380 g/mol. The number of thiazole rings is 1. The van der Waals surface area contributed by atoms with E-state index in [1.54, 1.807) is 25.3 Å². The van der Waals surface area contributed by atoms with Crippen LogP contribution in [0.2, 0.25) is 0 Å². The number of nitrogens with zero attached hydrogens (tertiary/aromatic N) is 4. The number of rotatable bonds is 7. The van der Waals surface area contributed by atoms with Crippen molar-refractivity contribution in [1.29, 1.82) is 0 Å². The van der Waals surface area contributed by atoms with Gasteiger partial charge in [0, 0.05) is 32.6 Å². The van der Waals surface area contributed by atoms with E-state index in [2.05, 4.69) is 20.6 Å². The lowest BCUT2D eigenvalue weighted by Crippen LogP contribution is -2.43. The Balaban J connectivity index is 1.79. The summed E-state index contributed by atoms with van der Waals surface area (Å²) in [4.78, 5) is 36.4. The van der Waals surface area contributed by atoms with E-state index in [1.165, 1.54) is 4.90 Å². The van der Waals surface area contributed by atoms with E-state index in [-0.39, 0.29) is 11.9 Å². The molecule has 0 saturated carbocycles. The van der Waals surface area contributed by atoms with Crippen molar-refractivity contribution in [2.75, 3.05) is 27.2 Å². The number of nitrogens with one attached hydrogen (secondary N) is 2. The summed E-state index contributed by atoms with van der Waals surface area (Å²) in [6.07, 6.45) is 1.24. The van der Waals surface area contributed by atoms with E-state index in [1.807, 2.05) is 31.2 Å². The van der Waals surface area contributed by atoms with Gasteiger partial charge in [0.25, 0.3) is 5.91 Å². The Morgan fingerprint density at radius 2 is 2.23 bits per heavy atom. The van der Waals surface area contributed by atoms with Crippen molar-refractivity contribution < 1.29 is 9.59 Å². The van der Waals surface area contributed by atoms with E-state index in [0.29, 0.717) is 32.5 Å². The summed E-state index contributed by atoms with van der Waals surface area (Å²) in [6, 6.07) is -0.306. The number of guanidine groups is 1. The summed E-state index contributed by atoms with van der Waals surface area (Å²) in [7, 11) is 3.68. The average Bonchev–Trinajstić information content (AvgIpc) is 3.10. The normalized spacial score (nSPS) is 20.5. The van der Waals surface area contributed by atoms with Crippen LogP contribution in [0.25, 0.3) is 0 Å². The Morgan fingerprint density at radius 3 is 2.77 bits per heavy atom. The zero-order valence-electron chi connectivity index (χ0n) is 16.1. The standard InChI is InChI=1S/C17H28N6O2S/c1-6-17(3)14(24)23(16(25)21-17)9-7-8-19-15(18-4)22(5)10-13-11-26-12(2)20-13/h11H,6-10H2,1-5H3,(H,18,19)(H,21,25). The molecule has 26 heavy (non-hydrogen) atoms. The zero-order valence-corrected chi connectivity index (χ0v) is 16.9. The van der Waals surface area contributed by atoms with Crippen molar-refractivity contribution in [3.63, 3.8) is 0 Å². The molecule has 2 rings (SSSR count). The van der Waals surface area contributed by atoms with Crippen molar-refractivity contribution in [2.24, 2.45) is 4.99 Å². The molecule has 3 amide bonds. The second kappa shape index (κ2) is 8.48. The van der Waals surface area contributed by atoms with Crippen LogP contribution in [0, 0.1) is 6.92 Å². The molecule has 0 spiro atoms. The van der Waals surface area contributed by atoms with Gasteiger partial charge in [0.2, 0.25) is 0 Å². The lowest BCUT2D eigenvalue weighted by atomic mass is 9.99. The summed E-state index contributed by atoms with van der Waals surface area (Å²) >= 11 is 1.63.